The molecule has 0 saturated carbocycles. The first-order chi connectivity index (χ1) is 9.58. The average Bonchev–Trinajstić information content (AvgIpc) is 3.03. The molecule has 0 amide bonds. The smallest absolute Gasteiger partial charge is 0.335 e. The fraction of sp³-hybridized carbons (Fsp3) is 0.500. The molecule has 1 aliphatic rings. The highest BCUT2D eigenvalue weighted by atomic mass is 16.4. The van der Waals surface area contributed by atoms with Crippen molar-refractivity contribution in [3.8, 4) is 0 Å². The Hall–Kier alpha value is -1.95. The summed E-state index contributed by atoms with van der Waals surface area (Å²) < 4.78 is 1.90. The molecule has 2 aromatic heterocycles. The number of hydrogen-bond donors (Lipinski definition) is 1. The van der Waals surface area contributed by atoms with Crippen molar-refractivity contribution in [2.24, 2.45) is 0 Å². The maximum Gasteiger partial charge on any atom is 0.335 e. The average molecular weight is 274 g/mol. The first kappa shape index (κ1) is 13.1. The van der Waals surface area contributed by atoms with E-state index in [2.05, 4.69) is 28.9 Å². The first-order valence-electron chi connectivity index (χ1n) is 6.91. The third kappa shape index (κ3) is 2.06. The van der Waals surface area contributed by atoms with E-state index < -0.39 is 5.97 Å². The largest absolute Gasteiger partial charge is 0.478 e. The van der Waals surface area contributed by atoms with E-state index in [0.29, 0.717) is 11.7 Å². The van der Waals surface area contributed by atoms with Gasteiger partial charge in [-0.05, 0) is 45.4 Å². The van der Waals surface area contributed by atoms with Crippen molar-refractivity contribution in [3.05, 3.63) is 29.7 Å². The lowest BCUT2D eigenvalue weighted by atomic mass is 10.2. The van der Waals surface area contributed by atoms with Crippen molar-refractivity contribution in [1.82, 2.24) is 19.5 Å². The molecule has 1 saturated heterocycles. The fourth-order valence-corrected chi connectivity index (χ4v) is 2.95. The molecule has 20 heavy (non-hydrogen) atoms. The lowest BCUT2D eigenvalue weighted by molar-refractivity contribution is 0.0697. The number of carboxylic acids is 1. The minimum atomic E-state index is -0.943. The summed E-state index contributed by atoms with van der Waals surface area (Å²) in [4.78, 5) is 13.4. The Morgan fingerprint density at radius 1 is 1.45 bits per heavy atom. The molecule has 1 atom stereocenters. The van der Waals surface area contributed by atoms with Gasteiger partial charge in [-0.2, -0.15) is 0 Å². The van der Waals surface area contributed by atoms with Crippen LogP contribution in [-0.4, -0.2) is 43.2 Å². The lowest BCUT2D eigenvalue weighted by Gasteiger charge is -2.26. The second-order valence-electron chi connectivity index (χ2n) is 5.50. The molecule has 6 nitrogen and oxygen atoms in total. The van der Waals surface area contributed by atoms with E-state index in [-0.39, 0.29) is 11.6 Å². The van der Waals surface area contributed by atoms with Crippen molar-refractivity contribution in [1.29, 1.82) is 0 Å². The van der Waals surface area contributed by atoms with Crippen molar-refractivity contribution < 1.29 is 9.90 Å². The number of rotatable bonds is 3. The topological polar surface area (TPSA) is 70.7 Å². The summed E-state index contributed by atoms with van der Waals surface area (Å²) in [5.74, 6) is -0.0372. The summed E-state index contributed by atoms with van der Waals surface area (Å²) >= 11 is 0. The standard InChI is InChI=1S/C14H18N4O2/c1-9(2)17-6-3-4-11(17)13-16-15-12-8-10(14(19)20)5-7-18(12)13/h5,7-9,11H,3-4,6H2,1-2H3,(H,19,20). The monoisotopic (exact) mass is 274 g/mol. The first-order valence-corrected chi connectivity index (χ1v) is 6.91. The predicted molar refractivity (Wildman–Crippen MR) is 73.8 cm³/mol. The molecule has 106 valence electrons. The van der Waals surface area contributed by atoms with Gasteiger partial charge in [0.05, 0.1) is 11.6 Å². The zero-order valence-corrected chi connectivity index (χ0v) is 11.7. The van der Waals surface area contributed by atoms with Gasteiger partial charge in [0, 0.05) is 12.2 Å². The van der Waals surface area contributed by atoms with Crippen LogP contribution in [-0.2, 0) is 0 Å². The minimum absolute atomic E-state index is 0.239. The summed E-state index contributed by atoms with van der Waals surface area (Å²) in [5, 5.41) is 17.4. The van der Waals surface area contributed by atoms with Crippen molar-refractivity contribution in [2.45, 2.75) is 38.8 Å². The van der Waals surface area contributed by atoms with Crippen molar-refractivity contribution in [2.75, 3.05) is 6.54 Å². The molecular weight excluding hydrogens is 256 g/mol. The molecular formula is C14H18N4O2. The molecule has 3 rings (SSSR count). The van der Waals surface area contributed by atoms with Crippen molar-refractivity contribution in [3.63, 3.8) is 0 Å². The summed E-state index contributed by atoms with van der Waals surface area (Å²) in [6.07, 6.45) is 3.98. The molecule has 6 heteroatoms. The van der Waals surface area contributed by atoms with Gasteiger partial charge in [0.2, 0.25) is 0 Å². The molecule has 0 radical (unpaired) electrons. The Morgan fingerprint density at radius 3 is 2.95 bits per heavy atom. The maximum atomic E-state index is 11.0. The van der Waals surface area contributed by atoms with Crippen LogP contribution in [0.25, 0.3) is 5.65 Å². The van der Waals surface area contributed by atoms with Gasteiger partial charge in [-0.25, -0.2) is 4.79 Å². The summed E-state index contributed by atoms with van der Waals surface area (Å²) in [6.45, 7) is 5.44. The van der Waals surface area contributed by atoms with E-state index in [0.717, 1.165) is 25.2 Å². The van der Waals surface area contributed by atoms with E-state index >= 15 is 0 Å². The molecule has 1 N–H and O–H groups in total. The Kier molecular flexibility index (Phi) is 3.17. The highest BCUT2D eigenvalue weighted by molar-refractivity contribution is 5.88. The van der Waals surface area contributed by atoms with Gasteiger partial charge in [-0.3, -0.25) is 9.30 Å². The number of carbonyl (C=O) groups is 1. The number of carboxylic acid groups (broad SMARTS) is 1. The Morgan fingerprint density at radius 2 is 2.25 bits per heavy atom. The summed E-state index contributed by atoms with van der Waals surface area (Å²) in [5.41, 5.74) is 0.832. The highest BCUT2D eigenvalue weighted by Crippen LogP contribution is 2.32. The Labute approximate surface area is 117 Å². The molecule has 0 aliphatic carbocycles. The van der Waals surface area contributed by atoms with Crippen LogP contribution in [0, 0.1) is 0 Å². The number of fused-ring (bicyclic) bond motifs is 1. The minimum Gasteiger partial charge on any atom is -0.478 e. The Balaban J connectivity index is 2.02. The van der Waals surface area contributed by atoms with Crippen LogP contribution in [0.3, 0.4) is 0 Å². The van der Waals surface area contributed by atoms with Gasteiger partial charge in [-0.1, -0.05) is 0 Å². The number of likely N-dealkylation sites (tertiary alicyclic amines) is 1. The summed E-state index contributed by atoms with van der Waals surface area (Å²) in [6, 6.07) is 3.89. The normalized spacial score (nSPS) is 20.1. The molecule has 1 unspecified atom stereocenters. The van der Waals surface area contributed by atoms with Gasteiger partial charge < -0.3 is 5.11 Å². The molecule has 1 aliphatic heterocycles. The number of nitrogens with zero attached hydrogens (tertiary/aromatic N) is 4. The second-order valence-corrected chi connectivity index (χ2v) is 5.50. The van der Waals surface area contributed by atoms with Gasteiger partial charge in [0.25, 0.3) is 0 Å². The molecule has 3 heterocycles. The van der Waals surface area contributed by atoms with Crippen LogP contribution in [0.5, 0.6) is 0 Å². The van der Waals surface area contributed by atoms with E-state index in [4.69, 9.17) is 5.11 Å². The van der Waals surface area contributed by atoms with Crippen molar-refractivity contribution >= 4 is 11.6 Å². The molecule has 0 aromatic carbocycles. The summed E-state index contributed by atoms with van der Waals surface area (Å²) in [7, 11) is 0. The number of hydrogen-bond acceptors (Lipinski definition) is 4. The lowest BCUT2D eigenvalue weighted by Crippen LogP contribution is -2.31. The van der Waals surface area contributed by atoms with Gasteiger partial charge >= 0.3 is 5.97 Å². The molecule has 1 fully saturated rings. The zero-order chi connectivity index (χ0) is 14.3. The van der Waals surface area contributed by atoms with E-state index in [9.17, 15) is 4.79 Å². The SMILES string of the molecule is CC(C)N1CCCC1c1nnc2cc(C(=O)O)ccn12. The third-order valence-corrected chi connectivity index (χ3v) is 3.94. The van der Waals surface area contributed by atoms with Crippen LogP contribution >= 0.6 is 0 Å². The quantitative estimate of drug-likeness (QED) is 0.926. The van der Waals surface area contributed by atoms with Crippen LogP contribution in [0.1, 0.15) is 48.9 Å². The molecule has 0 spiro atoms. The Bertz CT molecular complexity index is 650. The predicted octanol–water partition coefficient (Wildman–Crippen LogP) is 1.97. The maximum absolute atomic E-state index is 11.0. The molecule has 0 bridgehead atoms. The number of aromatic nitrogens is 3. The number of aromatic carboxylic acids is 1. The van der Waals surface area contributed by atoms with Crippen LogP contribution in [0.2, 0.25) is 0 Å². The van der Waals surface area contributed by atoms with Crippen LogP contribution < -0.4 is 0 Å². The van der Waals surface area contributed by atoms with Crippen LogP contribution in [0.15, 0.2) is 18.3 Å². The van der Waals surface area contributed by atoms with Crippen LogP contribution in [0.4, 0.5) is 0 Å². The third-order valence-electron chi connectivity index (χ3n) is 3.94. The number of pyridine rings is 1. The van der Waals surface area contributed by atoms with E-state index in [1.807, 2.05) is 4.40 Å². The van der Waals surface area contributed by atoms with Gasteiger partial charge in [0.15, 0.2) is 11.5 Å². The van der Waals surface area contributed by atoms with E-state index in [1.165, 1.54) is 0 Å². The van der Waals surface area contributed by atoms with E-state index in [1.54, 1.807) is 18.3 Å². The second kappa shape index (κ2) is 4.86. The fourth-order valence-electron chi connectivity index (χ4n) is 2.95. The zero-order valence-electron chi connectivity index (χ0n) is 11.7. The van der Waals surface area contributed by atoms with Gasteiger partial charge in [-0.15, -0.1) is 10.2 Å². The highest BCUT2D eigenvalue weighted by Gasteiger charge is 2.31. The van der Waals surface area contributed by atoms with Gasteiger partial charge in [0.1, 0.15) is 0 Å². The molecule has 2 aromatic rings.